The molecule has 1 aromatic heterocycles. The van der Waals surface area contributed by atoms with Crippen LogP contribution in [0.2, 0.25) is 0 Å². The number of aromatic nitrogens is 2. The van der Waals surface area contributed by atoms with Gasteiger partial charge in [-0.25, -0.2) is 9.59 Å². The van der Waals surface area contributed by atoms with Crippen LogP contribution < -0.4 is 11.0 Å². The van der Waals surface area contributed by atoms with E-state index in [1.54, 1.807) is 6.07 Å². The molecule has 2 rings (SSSR count). The van der Waals surface area contributed by atoms with Gasteiger partial charge in [0.2, 0.25) is 0 Å². The number of imidazole rings is 1. The predicted octanol–water partition coefficient (Wildman–Crippen LogP) is -0.121. The van der Waals surface area contributed by atoms with Crippen molar-refractivity contribution in [3.05, 3.63) is 28.7 Å². The van der Waals surface area contributed by atoms with E-state index < -0.39 is 11.9 Å². The minimum Gasteiger partial charge on any atom is -0.474 e. The van der Waals surface area contributed by atoms with Crippen LogP contribution in [-0.2, 0) is 9.59 Å². The Labute approximate surface area is 88.1 Å². The summed E-state index contributed by atoms with van der Waals surface area (Å²) >= 11 is 0. The number of carbonyl (C=O) groups excluding carboxylic acids is 1. The summed E-state index contributed by atoms with van der Waals surface area (Å²) in [5.74, 6) is -2.69. The standard InChI is InChI=1S/C9H7N3O4/c13-7(8(14)15)10-4-1-2-5-6(3-4)12-9(16)11-5/h1-3H,(H,10,13)(H,14,15)(H2,11,12,16). The third kappa shape index (κ3) is 1.78. The Kier molecular flexibility index (Phi) is 2.20. The normalized spacial score (nSPS) is 10.2. The van der Waals surface area contributed by atoms with E-state index in [0.29, 0.717) is 16.7 Å². The molecule has 0 radical (unpaired) electrons. The molecule has 7 heteroatoms. The number of anilines is 1. The summed E-state index contributed by atoms with van der Waals surface area (Å²) in [6.45, 7) is 0. The molecule has 0 aliphatic heterocycles. The maximum absolute atomic E-state index is 10.9. The van der Waals surface area contributed by atoms with E-state index in [1.807, 2.05) is 0 Å². The van der Waals surface area contributed by atoms with Crippen LogP contribution in [0.25, 0.3) is 11.0 Å². The maximum atomic E-state index is 10.9. The molecule has 2 aromatic rings. The van der Waals surface area contributed by atoms with Crippen molar-refractivity contribution in [1.29, 1.82) is 0 Å². The SMILES string of the molecule is O=C(O)C(=O)Nc1ccc2[nH]c(=O)[nH]c2c1. The van der Waals surface area contributed by atoms with Gasteiger partial charge in [0.1, 0.15) is 0 Å². The van der Waals surface area contributed by atoms with Crippen LogP contribution in [0.5, 0.6) is 0 Å². The van der Waals surface area contributed by atoms with Crippen molar-refractivity contribution >= 4 is 28.6 Å². The van der Waals surface area contributed by atoms with E-state index in [1.165, 1.54) is 12.1 Å². The van der Waals surface area contributed by atoms with Gasteiger partial charge >= 0.3 is 17.6 Å². The molecule has 0 aliphatic rings. The Morgan fingerprint density at radius 3 is 2.56 bits per heavy atom. The number of carbonyl (C=O) groups is 2. The fourth-order valence-electron chi connectivity index (χ4n) is 1.29. The molecule has 16 heavy (non-hydrogen) atoms. The zero-order chi connectivity index (χ0) is 11.7. The van der Waals surface area contributed by atoms with Crippen LogP contribution >= 0.6 is 0 Å². The quantitative estimate of drug-likeness (QED) is 0.502. The Balaban J connectivity index is 2.36. The maximum Gasteiger partial charge on any atom is 0.394 e. The van der Waals surface area contributed by atoms with E-state index >= 15 is 0 Å². The van der Waals surface area contributed by atoms with E-state index in [-0.39, 0.29) is 5.69 Å². The first-order valence-electron chi connectivity index (χ1n) is 4.32. The third-order valence-corrected chi connectivity index (χ3v) is 1.97. The number of aliphatic carboxylic acids is 1. The molecular formula is C9H7N3O4. The molecule has 4 N–H and O–H groups in total. The number of fused-ring (bicyclic) bond motifs is 1. The zero-order valence-electron chi connectivity index (χ0n) is 7.90. The monoisotopic (exact) mass is 221 g/mol. The third-order valence-electron chi connectivity index (χ3n) is 1.97. The van der Waals surface area contributed by atoms with Crippen molar-refractivity contribution in [2.24, 2.45) is 0 Å². The number of amides is 1. The van der Waals surface area contributed by atoms with Gasteiger partial charge < -0.3 is 20.4 Å². The number of H-pyrrole nitrogens is 2. The van der Waals surface area contributed by atoms with Gasteiger partial charge in [0.05, 0.1) is 11.0 Å². The predicted molar refractivity (Wildman–Crippen MR) is 55.2 cm³/mol. The van der Waals surface area contributed by atoms with Crippen LogP contribution in [0, 0.1) is 0 Å². The van der Waals surface area contributed by atoms with Crippen molar-refractivity contribution in [2.75, 3.05) is 5.32 Å². The lowest BCUT2D eigenvalue weighted by molar-refractivity contribution is -0.147. The molecule has 0 fully saturated rings. The van der Waals surface area contributed by atoms with Gasteiger partial charge in [0, 0.05) is 5.69 Å². The van der Waals surface area contributed by atoms with Crippen molar-refractivity contribution in [1.82, 2.24) is 9.97 Å². The average molecular weight is 221 g/mol. The van der Waals surface area contributed by atoms with E-state index in [4.69, 9.17) is 5.11 Å². The first-order valence-corrected chi connectivity index (χ1v) is 4.32. The molecule has 1 heterocycles. The molecule has 0 saturated heterocycles. The number of rotatable bonds is 1. The van der Waals surface area contributed by atoms with Crippen LogP contribution in [0.4, 0.5) is 5.69 Å². The smallest absolute Gasteiger partial charge is 0.394 e. The molecule has 0 bridgehead atoms. The summed E-state index contributed by atoms with van der Waals surface area (Å²) in [4.78, 5) is 37.1. The lowest BCUT2D eigenvalue weighted by Gasteiger charge is -2.00. The van der Waals surface area contributed by atoms with E-state index in [9.17, 15) is 14.4 Å². The largest absolute Gasteiger partial charge is 0.474 e. The van der Waals surface area contributed by atoms with Crippen LogP contribution in [0.1, 0.15) is 0 Å². The number of aromatic amines is 2. The number of hydrogen-bond acceptors (Lipinski definition) is 3. The summed E-state index contributed by atoms with van der Waals surface area (Å²) < 4.78 is 0. The van der Waals surface area contributed by atoms with Crippen molar-refractivity contribution in [2.45, 2.75) is 0 Å². The molecule has 7 nitrogen and oxygen atoms in total. The number of hydrogen-bond donors (Lipinski definition) is 4. The van der Waals surface area contributed by atoms with E-state index in [0.717, 1.165) is 0 Å². The summed E-state index contributed by atoms with van der Waals surface area (Å²) in [6, 6.07) is 4.52. The van der Waals surface area contributed by atoms with E-state index in [2.05, 4.69) is 15.3 Å². The summed E-state index contributed by atoms with van der Waals surface area (Å²) in [5.41, 5.74) is 1.01. The fourth-order valence-corrected chi connectivity index (χ4v) is 1.29. The first-order chi connectivity index (χ1) is 7.56. The molecular weight excluding hydrogens is 214 g/mol. The highest BCUT2D eigenvalue weighted by Gasteiger charge is 2.11. The molecule has 0 saturated carbocycles. The molecule has 0 aliphatic carbocycles. The summed E-state index contributed by atoms with van der Waals surface area (Å²) in [6.07, 6.45) is 0. The van der Waals surface area contributed by atoms with Crippen LogP contribution in [0.3, 0.4) is 0 Å². The minimum atomic E-state index is -1.57. The fraction of sp³-hybridized carbons (Fsp3) is 0. The lowest BCUT2D eigenvalue weighted by Crippen LogP contribution is -2.21. The highest BCUT2D eigenvalue weighted by molar-refractivity contribution is 6.36. The van der Waals surface area contributed by atoms with Crippen LogP contribution in [-0.4, -0.2) is 27.0 Å². The number of carboxylic acids is 1. The summed E-state index contributed by atoms with van der Waals surface area (Å²) in [5, 5.41) is 10.6. The van der Waals surface area contributed by atoms with Gasteiger partial charge in [0.25, 0.3) is 0 Å². The molecule has 1 aromatic carbocycles. The lowest BCUT2D eigenvalue weighted by atomic mass is 10.3. The molecule has 1 amide bonds. The van der Waals surface area contributed by atoms with Gasteiger partial charge in [-0.15, -0.1) is 0 Å². The van der Waals surface area contributed by atoms with Crippen molar-refractivity contribution in [3.63, 3.8) is 0 Å². The summed E-state index contributed by atoms with van der Waals surface area (Å²) in [7, 11) is 0. The van der Waals surface area contributed by atoms with Crippen molar-refractivity contribution < 1.29 is 14.7 Å². The number of nitrogens with one attached hydrogen (secondary N) is 3. The van der Waals surface area contributed by atoms with Crippen LogP contribution in [0.15, 0.2) is 23.0 Å². The van der Waals surface area contributed by atoms with Gasteiger partial charge in [-0.1, -0.05) is 0 Å². The van der Waals surface area contributed by atoms with Crippen molar-refractivity contribution in [3.8, 4) is 0 Å². The Morgan fingerprint density at radius 2 is 1.88 bits per heavy atom. The zero-order valence-corrected chi connectivity index (χ0v) is 7.90. The molecule has 0 unspecified atom stereocenters. The second-order valence-electron chi connectivity index (χ2n) is 3.10. The molecule has 0 atom stereocenters. The number of benzene rings is 1. The Hall–Kier alpha value is -2.57. The van der Waals surface area contributed by atoms with Gasteiger partial charge in [-0.2, -0.15) is 0 Å². The highest BCUT2D eigenvalue weighted by atomic mass is 16.4. The first kappa shape index (κ1) is 9.97. The Bertz CT molecular complexity index is 625. The second-order valence-corrected chi connectivity index (χ2v) is 3.10. The van der Waals surface area contributed by atoms with Gasteiger partial charge in [0.15, 0.2) is 0 Å². The number of carboxylic acid groups (broad SMARTS) is 1. The van der Waals surface area contributed by atoms with Gasteiger partial charge in [-0.3, -0.25) is 4.79 Å². The molecule has 82 valence electrons. The average Bonchev–Trinajstić information content (AvgIpc) is 2.57. The van der Waals surface area contributed by atoms with Gasteiger partial charge in [-0.05, 0) is 18.2 Å². The highest BCUT2D eigenvalue weighted by Crippen LogP contribution is 2.14. The Morgan fingerprint density at radius 1 is 1.19 bits per heavy atom. The topological polar surface area (TPSA) is 115 Å². The second kappa shape index (κ2) is 3.54. The minimum absolute atomic E-state index is 0.301. The molecule has 0 spiro atoms.